The lowest BCUT2D eigenvalue weighted by molar-refractivity contribution is 0.819. The normalized spacial score (nSPS) is 11.1. The van der Waals surface area contributed by atoms with Gasteiger partial charge in [-0.3, -0.25) is 4.79 Å². The molecule has 0 saturated heterocycles. The third-order valence-corrected chi connectivity index (χ3v) is 5.93. The number of nitrogens with zero attached hydrogens (tertiary/aromatic N) is 4. The van der Waals surface area contributed by atoms with Crippen molar-refractivity contribution < 1.29 is 0 Å². The molecule has 6 rings (SSSR count). The number of aromatic nitrogens is 4. The van der Waals surface area contributed by atoms with Gasteiger partial charge in [-0.05, 0) is 30.3 Å². The molecule has 0 saturated carbocycles. The molecule has 0 aliphatic rings. The SMILES string of the molecule is Nc1cccc(-n2nc3c(=O)n(-c4ccccc4)nc(-c4ccccc4)c3c2-c2ccccc2)c1. The highest BCUT2D eigenvalue weighted by Crippen LogP contribution is 2.36. The first-order valence-corrected chi connectivity index (χ1v) is 11.3. The molecule has 4 aromatic carbocycles. The average Bonchev–Trinajstić information content (AvgIpc) is 3.32. The van der Waals surface area contributed by atoms with Gasteiger partial charge in [0, 0.05) is 16.8 Å². The molecule has 0 amide bonds. The van der Waals surface area contributed by atoms with E-state index in [0.717, 1.165) is 22.5 Å². The molecule has 6 aromatic rings. The monoisotopic (exact) mass is 455 g/mol. The van der Waals surface area contributed by atoms with E-state index in [2.05, 4.69) is 0 Å². The molecule has 0 spiro atoms. The summed E-state index contributed by atoms with van der Waals surface area (Å²) in [5.41, 5.74) is 11.5. The Labute approximate surface area is 201 Å². The van der Waals surface area contributed by atoms with Crippen molar-refractivity contribution in [2.24, 2.45) is 0 Å². The minimum Gasteiger partial charge on any atom is -0.399 e. The molecule has 0 fully saturated rings. The zero-order valence-electron chi connectivity index (χ0n) is 18.7. The van der Waals surface area contributed by atoms with Crippen LogP contribution in [0.15, 0.2) is 120 Å². The lowest BCUT2D eigenvalue weighted by Crippen LogP contribution is -2.22. The third kappa shape index (κ3) is 3.57. The van der Waals surface area contributed by atoms with Crippen molar-refractivity contribution in [1.82, 2.24) is 19.6 Å². The van der Waals surface area contributed by atoms with Crippen LogP contribution in [-0.4, -0.2) is 19.6 Å². The second kappa shape index (κ2) is 8.43. The molecule has 168 valence electrons. The Hall–Kier alpha value is -4.97. The summed E-state index contributed by atoms with van der Waals surface area (Å²) in [6, 6.07) is 36.7. The van der Waals surface area contributed by atoms with Gasteiger partial charge >= 0.3 is 0 Å². The Morgan fingerprint density at radius 2 is 1.20 bits per heavy atom. The third-order valence-electron chi connectivity index (χ3n) is 5.93. The fraction of sp³-hybridized carbons (Fsp3) is 0. The summed E-state index contributed by atoms with van der Waals surface area (Å²) in [5, 5.41) is 10.4. The van der Waals surface area contributed by atoms with Gasteiger partial charge in [0.2, 0.25) is 0 Å². The Kier molecular flexibility index (Phi) is 4.96. The van der Waals surface area contributed by atoms with Crippen LogP contribution in [-0.2, 0) is 0 Å². The number of fused-ring (bicyclic) bond motifs is 1. The van der Waals surface area contributed by atoms with Crippen LogP contribution in [0.2, 0.25) is 0 Å². The van der Waals surface area contributed by atoms with Crippen molar-refractivity contribution in [3.8, 4) is 33.9 Å². The summed E-state index contributed by atoms with van der Waals surface area (Å²) in [5.74, 6) is 0. The van der Waals surface area contributed by atoms with E-state index in [9.17, 15) is 4.79 Å². The number of nitrogens with two attached hydrogens (primary N) is 1. The van der Waals surface area contributed by atoms with Crippen molar-refractivity contribution in [2.45, 2.75) is 0 Å². The highest BCUT2D eigenvalue weighted by Gasteiger charge is 2.24. The first-order chi connectivity index (χ1) is 17.2. The minimum atomic E-state index is -0.286. The predicted molar refractivity (Wildman–Crippen MR) is 140 cm³/mol. The molecule has 0 bridgehead atoms. The standard InChI is InChI=1S/C29H21N5O/c30-22-15-10-18-24(19-22)33-28(21-13-6-2-7-14-21)25-26(20-11-4-1-5-12-20)31-34(29(35)27(25)32-33)23-16-8-3-9-17-23/h1-19H,30H2. The van der Waals surface area contributed by atoms with E-state index in [4.69, 9.17) is 15.9 Å². The van der Waals surface area contributed by atoms with Crippen LogP contribution < -0.4 is 11.3 Å². The van der Waals surface area contributed by atoms with Gasteiger partial charge in [0.25, 0.3) is 5.56 Å². The van der Waals surface area contributed by atoms with Gasteiger partial charge in [-0.2, -0.15) is 14.9 Å². The molecule has 35 heavy (non-hydrogen) atoms. The van der Waals surface area contributed by atoms with E-state index >= 15 is 0 Å². The number of rotatable bonds is 4. The van der Waals surface area contributed by atoms with Crippen LogP contribution >= 0.6 is 0 Å². The van der Waals surface area contributed by atoms with Crippen LogP contribution in [0.3, 0.4) is 0 Å². The van der Waals surface area contributed by atoms with Gasteiger partial charge in [-0.25, -0.2) is 4.68 Å². The summed E-state index contributed by atoms with van der Waals surface area (Å²) in [6.45, 7) is 0. The molecule has 0 radical (unpaired) electrons. The number of nitrogen functional groups attached to an aromatic ring is 1. The van der Waals surface area contributed by atoms with Crippen LogP contribution in [0, 0.1) is 0 Å². The summed E-state index contributed by atoms with van der Waals surface area (Å²) in [4.78, 5) is 13.8. The minimum absolute atomic E-state index is 0.286. The van der Waals surface area contributed by atoms with Crippen molar-refractivity contribution in [1.29, 1.82) is 0 Å². The number of anilines is 1. The Bertz CT molecular complexity index is 1710. The summed E-state index contributed by atoms with van der Waals surface area (Å²) >= 11 is 0. The largest absolute Gasteiger partial charge is 0.399 e. The first-order valence-electron chi connectivity index (χ1n) is 11.3. The lowest BCUT2D eigenvalue weighted by Gasteiger charge is -2.11. The smallest absolute Gasteiger partial charge is 0.299 e. The van der Waals surface area contributed by atoms with Crippen molar-refractivity contribution >= 4 is 16.6 Å². The summed E-state index contributed by atoms with van der Waals surface area (Å²) < 4.78 is 3.22. The Morgan fingerprint density at radius 3 is 1.86 bits per heavy atom. The average molecular weight is 456 g/mol. The number of hydrogen-bond donors (Lipinski definition) is 1. The molecule has 0 atom stereocenters. The quantitative estimate of drug-likeness (QED) is 0.357. The maximum absolute atomic E-state index is 13.8. The Balaban J connectivity index is 1.80. The zero-order valence-corrected chi connectivity index (χ0v) is 18.7. The van der Waals surface area contributed by atoms with Gasteiger partial charge in [0.1, 0.15) is 5.69 Å². The molecule has 0 aliphatic carbocycles. The maximum atomic E-state index is 13.8. The predicted octanol–water partition coefficient (Wildman–Crippen LogP) is 5.49. The molecular formula is C29H21N5O. The number of para-hydroxylation sites is 1. The van der Waals surface area contributed by atoms with Gasteiger partial charge in [-0.15, -0.1) is 0 Å². The second-order valence-corrected chi connectivity index (χ2v) is 8.21. The first kappa shape index (κ1) is 20.6. The highest BCUT2D eigenvalue weighted by atomic mass is 16.1. The molecule has 6 nitrogen and oxygen atoms in total. The topological polar surface area (TPSA) is 78.7 Å². The fourth-order valence-electron chi connectivity index (χ4n) is 4.34. The zero-order chi connectivity index (χ0) is 23.8. The van der Waals surface area contributed by atoms with Gasteiger partial charge in [-0.1, -0.05) is 84.9 Å². The van der Waals surface area contributed by atoms with Crippen LogP contribution in [0.1, 0.15) is 0 Å². The van der Waals surface area contributed by atoms with Gasteiger partial charge in [0.15, 0.2) is 5.52 Å². The van der Waals surface area contributed by atoms with E-state index in [1.165, 1.54) is 4.68 Å². The lowest BCUT2D eigenvalue weighted by atomic mass is 10.0. The molecule has 2 heterocycles. The van der Waals surface area contributed by atoms with E-state index in [-0.39, 0.29) is 5.56 Å². The van der Waals surface area contributed by atoms with E-state index < -0.39 is 0 Å². The number of benzene rings is 4. The molecule has 6 heteroatoms. The molecule has 2 aromatic heterocycles. The number of hydrogen-bond acceptors (Lipinski definition) is 4. The van der Waals surface area contributed by atoms with Gasteiger partial charge < -0.3 is 5.73 Å². The molecule has 2 N–H and O–H groups in total. The van der Waals surface area contributed by atoms with Crippen LogP contribution in [0.5, 0.6) is 0 Å². The maximum Gasteiger partial charge on any atom is 0.299 e. The second-order valence-electron chi connectivity index (χ2n) is 8.21. The summed E-state index contributed by atoms with van der Waals surface area (Å²) in [7, 11) is 0. The van der Waals surface area contributed by atoms with Crippen molar-refractivity contribution in [2.75, 3.05) is 5.73 Å². The van der Waals surface area contributed by atoms with Crippen LogP contribution in [0.25, 0.3) is 44.8 Å². The van der Waals surface area contributed by atoms with Crippen molar-refractivity contribution in [3.05, 3.63) is 126 Å². The molecule has 0 unspecified atom stereocenters. The van der Waals surface area contributed by atoms with Gasteiger partial charge in [0.05, 0.1) is 22.5 Å². The van der Waals surface area contributed by atoms with E-state index in [0.29, 0.717) is 28.0 Å². The fourth-order valence-corrected chi connectivity index (χ4v) is 4.34. The van der Waals surface area contributed by atoms with E-state index in [1.807, 2.05) is 115 Å². The molecule has 0 aliphatic heterocycles. The highest BCUT2D eigenvalue weighted by molar-refractivity contribution is 6.02. The molecular weight excluding hydrogens is 434 g/mol. The summed E-state index contributed by atoms with van der Waals surface area (Å²) in [6.07, 6.45) is 0. The van der Waals surface area contributed by atoms with Crippen molar-refractivity contribution in [3.63, 3.8) is 0 Å². The Morgan fingerprint density at radius 1 is 0.600 bits per heavy atom. The van der Waals surface area contributed by atoms with Crippen LogP contribution in [0.4, 0.5) is 5.69 Å². The van der Waals surface area contributed by atoms with E-state index in [1.54, 1.807) is 4.68 Å².